The van der Waals surface area contributed by atoms with Gasteiger partial charge >= 0.3 is 0 Å². The summed E-state index contributed by atoms with van der Waals surface area (Å²) in [6.07, 6.45) is 5.34. The van der Waals surface area contributed by atoms with Crippen LogP contribution in [-0.4, -0.2) is 33.3 Å². The van der Waals surface area contributed by atoms with Crippen LogP contribution in [0, 0.1) is 11.7 Å². The predicted octanol–water partition coefficient (Wildman–Crippen LogP) is 1.71. The molecule has 3 aromatic rings. The molecule has 0 unspecified atom stereocenters. The second-order valence-corrected chi connectivity index (χ2v) is 7.29. The van der Waals surface area contributed by atoms with Gasteiger partial charge in [-0.25, -0.2) is 4.39 Å². The number of carbonyl (C=O) groups is 1. The average molecular weight is 395 g/mol. The van der Waals surface area contributed by atoms with E-state index in [2.05, 4.69) is 15.7 Å². The number of hydrogen-bond donors (Lipinski definition) is 2. The van der Waals surface area contributed by atoms with Gasteiger partial charge in [0.1, 0.15) is 11.5 Å². The van der Waals surface area contributed by atoms with Gasteiger partial charge in [-0.1, -0.05) is 12.1 Å². The van der Waals surface area contributed by atoms with E-state index in [-0.39, 0.29) is 34.8 Å². The first-order valence-corrected chi connectivity index (χ1v) is 9.45. The molecule has 1 aromatic carbocycles. The lowest BCUT2D eigenvalue weighted by molar-refractivity contribution is -0.119. The van der Waals surface area contributed by atoms with Crippen molar-refractivity contribution in [2.45, 2.75) is 12.5 Å². The van der Waals surface area contributed by atoms with Crippen molar-refractivity contribution in [3.63, 3.8) is 0 Å². The van der Waals surface area contributed by atoms with Crippen LogP contribution in [0.25, 0.3) is 0 Å². The highest BCUT2D eigenvalue weighted by molar-refractivity contribution is 5.93. The summed E-state index contributed by atoms with van der Waals surface area (Å²) in [4.78, 5) is 25.7. The third-order valence-corrected chi connectivity index (χ3v) is 5.25. The standard InChI is InChI=1S/C21H22FN5O2/c1-26-13-15(9-24-26)17-10-23-11-18(17)20(28)25-19-3-2-8-27(21(19)29)12-14-4-6-16(22)7-5-14/h2-9,13,17-18,23H,10-12H2,1H3,(H,25,28)/t17-,18+/m1/s1. The van der Waals surface area contributed by atoms with E-state index in [0.29, 0.717) is 19.6 Å². The summed E-state index contributed by atoms with van der Waals surface area (Å²) < 4.78 is 16.3. The van der Waals surface area contributed by atoms with Crippen molar-refractivity contribution in [3.8, 4) is 0 Å². The molecule has 1 saturated heterocycles. The first kappa shape index (κ1) is 19.1. The van der Waals surface area contributed by atoms with Gasteiger partial charge in [0, 0.05) is 38.4 Å². The van der Waals surface area contributed by atoms with Crippen LogP contribution in [0.5, 0.6) is 0 Å². The topological polar surface area (TPSA) is 81.0 Å². The van der Waals surface area contributed by atoms with Crippen LogP contribution in [0.3, 0.4) is 0 Å². The molecule has 29 heavy (non-hydrogen) atoms. The van der Waals surface area contributed by atoms with Gasteiger partial charge in [-0.2, -0.15) is 5.10 Å². The van der Waals surface area contributed by atoms with Gasteiger partial charge in [0.05, 0.1) is 18.7 Å². The average Bonchev–Trinajstić information content (AvgIpc) is 3.35. The summed E-state index contributed by atoms with van der Waals surface area (Å²) in [6, 6.07) is 9.30. The van der Waals surface area contributed by atoms with Crippen LogP contribution in [-0.2, 0) is 18.4 Å². The fourth-order valence-electron chi connectivity index (χ4n) is 3.70. The molecule has 1 aliphatic rings. The summed E-state index contributed by atoms with van der Waals surface area (Å²) in [5, 5.41) is 10.2. The molecule has 7 nitrogen and oxygen atoms in total. The maximum Gasteiger partial charge on any atom is 0.274 e. The number of pyridine rings is 1. The zero-order chi connectivity index (χ0) is 20.4. The largest absolute Gasteiger partial charge is 0.321 e. The molecule has 0 aliphatic carbocycles. The molecule has 1 aliphatic heterocycles. The van der Waals surface area contributed by atoms with Crippen molar-refractivity contribution in [2.24, 2.45) is 13.0 Å². The van der Waals surface area contributed by atoms with Gasteiger partial charge in [0.15, 0.2) is 0 Å². The maximum absolute atomic E-state index is 13.1. The van der Waals surface area contributed by atoms with Crippen molar-refractivity contribution in [1.29, 1.82) is 0 Å². The molecule has 0 bridgehead atoms. The monoisotopic (exact) mass is 395 g/mol. The number of anilines is 1. The number of amides is 1. The Hall–Kier alpha value is -3.26. The number of nitrogens with zero attached hydrogens (tertiary/aromatic N) is 3. The minimum absolute atomic E-state index is 0.00820. The summed E-state index contributed by atoms with van der Waals surface area (Å²) in [6.45, 7) is 1.53. The van der Waals surface area contributed by atoms with E-state index in [1.807, 2.05) is 13.2 Å². The molecule has 1 amide bonds. The van der Waals surface area contributed by atoms with Crippen molar-refractivity contribution in [1.82, 2.24) is 19.7 Å². The third-order valence-electron chi connectivity index (χ3n) is 5.25. The molecule has 3 heterocycles. The summed E-state index contributed by atoms with van der Waals surface area (Å²) >= 11 is 0. The molecule has 0 radical (unpaired) electrons. The van der Waals surface area contributed by atoms with Gasteiger partial charge in [-0.05, 0) is 35.4 Å². The second-order valence-electron chi connectivity index (χ2n) is 7.29. The molecule has 2 aromatic heterocycles. The number of nitrogens with one attached hydrogen (secondary N) is 2. The van der Waals surface area contributed by atoms with Crippen molar-refractivity contribution in [2.75, 3.05) is 18.4 Å². The maximum atomic E-state index is 13.1. The Morgan fingerprint density at radius 3 is 2.79 bits per heavy atom. The fourth-order valence-corrected chi connectivity index (χ4v) is 3.70. The minimum atomic E-state index is -0.324. The molecule has 4 rings (SSSR count). The lowest BCUT2D eigenvalue weighted by atomic mass is 9.90. The van der Waals surface area contributed by atoms with E-state index in [0.717, 1.165) is 11.1 Å². The van der Waals surface area contributed by atoms with Crippen LogP contribution >= 0.6 is 0 Å². The van der Waals surface area contributed by atoms with Crippen LogP contribution in [0.1, 0.15) is 17.0 Å². The van der Waals surface area contributed by atoms with E-state index in [4.69, 9.17) is 0 Å². The van der Waals surface area contributed by atoms with Crippen LogP contribution in [0.15, 0.2) is 59.8 Å². The molecular weight excluding hydrogens is 373 g/mol. The molecule has 0 saturated carbocycles. The zero-order valence-corrected chi connectivity index (χ0v) is 16.0. The van der Waals surface area contributed by atoms with E-state index < -0.39 is 0 Å². The number of benzene rings is 1. The molecule has 150 valence electrons. The Bertz CT molecular complexity index is 1070. The van der Waals surface area contributed by atoms with Gasteiger partial charge in [-0.3, -0.25) is 14.3 Å². The number of halogens is 1. The van der Waals surface area contributed by atoms with Crippen LogP contribution < -0.4 is 16.2 Å². The lowest BCUT2D eigenvalue weighted by Crippen LogP contribution is -2.32. The quantitative estimate of drug-likeness (QED) is 0.689. The normalized spacial score (nSPS) is 18.7. The van der Waals surface area contributed by atoms with Crippen molar-refractivity contribution < 1.29 is 9.18 Å². The summed E-state index contributed by atoms with van der Waals surface area (Å²) in [5.41, 5.74) is 1.73. The van der Waals surface area contributed by atoms with Gasteiger partial charge < -0.3 is 15.2 Å². The first-order chi connectivity index (χ1) is 14.0. The number of hydrogen-bond acceptors (Lipinski definition) is 4. The predicted molar refractivity (Wildman–Crippen MR) is 107 cm³/mol. The summed E-state index contributed by atoms with van der Waals surface area (Å²) in [5.74, 6) is -0.797. The molecule has 0 spiro atoms. The Kier molecular flexibility index (Phi) is 5.26. The Morgan fingerprint density at radius 2 is 2.07 bits per heavy atom. The van der Waals surface area contributed by atoms with Crippen LogP contribution in [0.2, 0.25) is 0 Å². The fraction of sp³-hybridized carbons (Fsp3) is 0.286. The minimum Gasteiger partial charge on any atom is -0.321 e. The molecule has 2 atom stereocenters. The zero-order valence-electron chi connectivity index (χ0n) is 16.0. The second kappa shape index (κ2) is 8.00. The van der Waals surface area contributed by atoms with Gasteiger partial charge in [0.2, 0.25) is 5.91 Å². The molecular formula is C21H22FN5O2. The Labute approximate surface area is 167 Å². The highest BCUT2D eigenvalue weighted by Gasteiger charge is 2.35. The van der Waals surface area contributed by atoms with E-state index >= 15 is 0 Å². The highest BCUT2D eigenvalue weighted by Crippen LogP contribution is 2.28. The number of aryl methyl sites for hydroxylation is 1. The first-order valence-electron chi connectivity index (χ1n) is 9.45. The molecule has 2 N–H and O–H groups in total. The SMILES string of the molecule is Cn1cc([C@H]2CNC[C@@H]2C(=O)Nc2cccn(Cc3ccc(F)cc3)c2=O)cn1. The van der Waals surface area contributed by atoms with E-state index in [1.54, 1.807) is 41.3 Å². The smallest absolute Gasteiger partial charge is 0.274 e. The number of rotatable bonds is 5. The molecule has 8 heteroatoms. The molecule has 1 fully saturated rings. The van der Waals surface area contributed by atoms with E-state index in [1.165, 1.54) is 16.7 Å². The highest BCUT2D eigenvalue weighted by atomic mass is 19.1. The van der Waals surface area contributed by atoms with Crippen LogP contribution in [0.4, 0.5) is 10.1 Å². The van der Waals surface area contributed by atoms with Crippen molar-refractivity contribution >= 4 is 11.6 Å². The number of carbonyl (C=O) groups excluding carboxylic acids is 1. The lowest BCUT2D eigenvalue weighted by Gasteiger charge is -2.17. The van der Waals surface area contributed by atoms with Gasteiger partial charge in [0.25, 0.3) is 5.56 Å². The number of aromatic nitrogens is 3. The Balaban J connectivity index is 1.51. The van der Waals surface area contributed by atoms with Gasteiger partial charge in [-0.15, -0.1) is 0 Å². The summed E-state index contributed by atoms with van der Waals surface area (Å²) in [7, 11) is 1.84. The van der Waals surface area contributed by atoms with E-state index in [9.17, 15) is 14.0 Å². The Morgan fingerprint density at radius 1 is 1.28 bits per heavy atom. The third kappa shape index (κ3) is 4.12. The van der Waals surface area contributed by atoms with Crippen molar-refractivity contribution in [3.05, 3.63) is 82.3 Å².